The maximum Gasteiger partial charge on any atom is 0.227 e. The third-order valence-corrected chi connectivity index (χ3v) is 5.33. The van der Waals surface area contributed by atoms with Gasteiger partial charge in [0.2, 0.25) is 5.91 Å². The van der Waals surface area contributed by atoms with Crippen LogP contribution in [0.2, 0.25) is 0 Å². The van der Waals surface area contributed by atoms with Gasteiger partial charge in [-0.25, -0.2) is 8.42 Å². The zero-order valence-corrected chi connectivity index (χ0v) is 13.7. The molecule has 1 rings (SSSR count). The molecular formula is C15H24N2O3S. The lowest BCUT2D eigenvalue weighted by Gasteiger charge is -2.28. The molecule has 1 aromatic rings. The van der Waals surface area contributed by atoms with Crippen LogP contribution in [0.1, 0.15) is 26.3 Å². The highest BCUT2D eigenvalue weighted by molar-refractivity contribution is 7.91. The molecule has 0 aromatic heterocycles. The summed E-state index contributed by atoms with van der Waals surface area (Å²) in [7, 11) is -3.10. The van der Waals surface area contributed by atoms with Crippen molar-refractivity contribution in [2.24, 2.45) is 0 Å². The highest BCUT2D eigenvalue weighted by atomic mass is 32.2. The fourth-order valence-electron chi connectivity index (χ4n) is 2.22. The molecule has 1 unspecified atom stereocenters. The summed E-state index contributed by atoms with van der Waals surface area (Å²) in [6.07, 6.45) is 0.255. The second kappa shape index (κ2) is 7.45. The van der Waals surface area contributed by atoms with E-state index < -0.39 is 9.84 Å². The summed E-state index contributed by atoms with van der Waals surface area (Å²) in [5.41, 5.74) is 7.14. The summed E-state index contributed by atoms with van der Waals surface area (Å²) in [5, 5.41) is 0. The number of nitrogens with two attached hydrogens (primary N) is 1. The van der Waals surface area contributed by atoms with E-state index in [2.05, 4.69) is 0 Å². The van der Waals surface area contributed by atoms with Gasteiger partial charge in [-0.1, -0.05) is 19.1 Å². The van der Waals surface area contributed by atoms with Gasteiger partial charge in [0.05, 0.1) is 12.2 Å². The fourth-order valence-corrected chi connectivity index (χ4v) is 3.37. The molecular weight excluding hydrogens is 288 g/mol. The van der Waals surface area contributed by atoms with Crippen LogP contribution in [0.15, 0.2) is 24.3 Å². The molecule has 1 amide bonds. The third-order valence-electron chi connectivity index (χ3n) is 3.46. The first-order valence-electron chi connectivity index (χ1n) is 7.13. The van der Waals surface area contributed by atoms with Gasteiger partial charge >= 0.3 is 0 Å². The summed E-state index contributed by atoms with van der Waals surface area (Å²) in [4.78, 5) is 14.0. The number of nitrogen functional groups attached to an aromatic ring is 1. The molecule has 0 aliphatic rings. The Balaban J connectivity index is 2.74. The molecule has 0 saturated carbocycles. The number of anilines is 1. The Morgan fingerprint density at radius 2 is 1.81 bits per heavy atom. The van der Waals surface area contributed by atoms with Crippen molar-refractivity contribution in [2.75, 3.05) is 23.8 Å². The van der Waals surface area contributed by atoms with Crippen LogP contribution < -0.4 is 5.73 Å². The van der Waals surface area contributed by atoms with Crippen molar-refractivity contribution < 1.29 is 13.2 Å². The molecule has 0 spiro atoms. The predicted octanol–water partition coefficient (Wildman–Crippen LogP) is 1.48. The van der Waals surface area contributed by atoms with Gasteiger partial charge in [0.1, 0.15) is 0 Å². The molecule has 1 aromatic carbocycles. The topological polar surface area (TPSA) is 80.5 Å². The number of carbonyl (C=O) groups is 1. The van der Waals surface area contributed by atoms with Crippen LogP contribution >= 0.6 is 0 Å². The molecule has 0 bridgehead atoms. The Bertz CT molecular complexity index is 567. The molecule has 1 atom stereocenters. The van der Waals surface area contributed by atoms with E-state index in [4.69, 9.17) is 5.73 Å². The van der Waals surface area contributed by atoms with Gasteiger partial charge < -0.3 is 10.6 Å². The van der Waals surface area contributed by atoms with Crippen molar-refractivity contribution in [3.05, 3.63) is 29.8 Å². The highest BCUT2D eigenvalue weighted by Crippen LogP contribution is 2.10. The summed E-state index contributed by atoms with van der Waals surface area (Å²) in [6.45, 7) is 5.75. The normalized spacial score (nSPS) is 12.9. The molecule has 0 aliphatic heterocycles. The maximum absolute atomic E-state index is 12.3. The number of rotatable bonds is 7. The Morgan fingerprint density at radius 1 is 1.24 bits per heavy atom. The summed E-state index contributed by atoms with van der Waals surface area (Å²) >= 11 is 0. The van der Waals surface area contributed by atoms with E-state index in [1.807, 2.05) is 19.1 Å². The van der Waals surface area contributed by atoms with Gasteiger partial charge in [0.25, 0.3) is 0 Å². The molecule has 0 saturated heterocycles. The average molecular weight is 312 g/mol. The van der Waals surface area contributed by atoms with Crippen LogP contribution in [0.25, 0.3) is 0 Å². The second-order valence-electron chi connectivity index (χ2n) is 5.15. The lowest BCUT2D eigenvalue weighted by molar-refractivity contribution is -0.131. The zero-order valence-electron chi connectivity index (χ0n) is 12.9. The molecule has 21 heavy (non-hydrogen) atoms. The number of likely N-dealkylation sites (N-methyl/N-ethyl adjacent to an activating group) is 1. The number of amides is 1. The number of hydrogen-bond donors (Lipinski definition) is 1. The number of benzene rings is 1. The molecule has 0 fully saturated rings. The molecule has 0 heterocycles. The summed E-state index contributed by atoms with van der Waals surface area (Å²) in [6, 6.07) is 6.82. The average Bonchev–Trinajstić information content (AvgIpc) is 2.41. The lowest BCUT2D eigenvalue weighted by Crippen LogP contribution is -2.43. The molecule has 5 nitrogen and oxygen atoms in total. The van der Waals surface area contributed by atoms with E-state index >= 15 is 0 Å². The minimum absolute atomic E-state index is 0.00478. The van der Waals surface area contributed by atoms with Crippen LogP contribution in [-0.2, 0) is 21.1 Å². The van der Waals surface area contributed by atoms with Crippen molar-refractivity contribution >= 4 is 21.4 Å². The Kier molecular flexibility index (Phi) is 6.20. The minimum Gasteiger partial charge on any atom is -0.399 e. The quantitative estimate of drug-likeness (QED) is 0.773. The number of sulfone groups is 1. The highest BCUT2D eigenvalue weighted by Gasteiger charge is 2.23. The van der Waals surface area contributed by atoms with Gasteiger partial charge in [-0.15, -0.1) is 0 Å². The number of hydrogen-bond acceptors (Lipinski definition) is 4. The molecule has 0 radical (unpaired) electrons. The van der Waals surface area contributed by atoms with E-state index in [-0.39, 0.29) is 29.9 Å². The van der Waals surface area contributed by atoms with Crippen LogP contribution in [0.3, 0.4) is 0 Å². The Hall–Kier alpha value is -1.56. The van der Waals surface area contributed by atoms with Crippen LogP contribution in [0, 0.1) is 0 Å². The zero-order chi connectivity index (χ0) is 16.0. The van der Waals surface area contributed by atoms with Gasteiger partial charge in [-0.2, -0.15) is 0 Å². The molecule has 118 valence electrons. The predicted molar refractivity (Wildman–Crippen MR) is 85.7 cm³/mol. The van der Waals surface area contributed by atoms with Gasteiger partial charge in [-0.3, -0.25) is 4.79 Å². The Morgan fingerprint density at radius 3 is 2.29 bits per heavy atom. The van der Waals surface area contributed by atoms with E-state index in [9.17, 15) is 13.2 Å². The molecule has 2 N–H and O–H groups in total. The Labute approximate surface area is 127 Å². The van der Waals surface area contributed by atoms with Gasteiger partial charge in [0.15, 0.2) is 9.84 Å². The van der Waals surface area contributed by atoms with Crippen LogP contribution in [0.4, 0.5) is 5.69 Å². The first-order chi connectivity index (χ1) is 9.79. The standard InChI is InChI=1S/C15H24N2O3S/c1-4-17(12(3)11-21(19,20)5-2)15(18)10-13-6-8-14(16)9-7-13/h6-9,12H,4-5,10-11,16H2,1-3H3. The van der Waals surface area contributed by atoms with E-state index in [0.717, 1.165) is 5.56 Å². The molecule has 0 aliphatic carbocycles. The summed E-state index contributed by atoms with van der Waals surface area (Å²) in [5.74, 6) is 0.0346. The fraction of sp³-hybridized carbons (Fsp3) is 0.533. The van der Waals surface area contributed by atoms with Crippen LogP contribution in [0.5, 0.6) is 0 Å². The van der Waals surface area contributed by atoms with Crippen LogP contribution in [-0.4, -0.2) is 43.3 Å². The first-order valence-corrected chi connectivity index (χ1v) is 8.95. The molecule has 6 heteroatoms. The van der Waals surface area contributed by atoms with Crippen molar-refractivity contribution in [2.45, 2.75) is 33.2 Å². The van der Waals surface area contributed by atoms with Gasteiger partial charge in [0, 0.05) is 24.0 Å². The second-order valence-corrected chi connectivity index (χ2v) is 7.54. The monoisotopic (exact) mass is 312 g/mol. The number of carbonyl (C=O) groups excluding carboxylic acids is 1. The van der Waals surface area contributed by atoms with Crippen molar-refractivity contribution in [1.82, 2.24) is 4.90 Å². The lowest BCUT2D eigenvalue weighted by atomic mass is 10.1. The first kappa shape index (κ1) is 17.5. The van der Waals surface area contributed by atoms with Crippen molar-refractivity contribution in [1.29, 1.82) is 0 Å². The smallest absolute Gasteiger partial charge is 0.227 e. The third kappa shape index (κ3) is 5.38. The largest absolute Gasteiger partial charge is 0.399 e. The van der Waals surface area contributed by atoms with E-state index in [1.165, 1.54) is 0 Å². The maximum atomic E-state index is 12.3. The minimum atomic E-state index is -3.10. The number of nitrogens with zero attached hydrogens (tertiary/aromatic N) is 1. The van der Waals surface area contributed by atoms with E-state index in [1.54, 1.807) is 30.9 Å². The van der Waals surface area contributed by atoms with E-state index in [0.29, 0.717) is 12.2 Å². The SMILES string of the molecule is CCN(C(=O)Cc1ccc(N)cc1)C(C)CS(=O)(=O)CC. The summed E-state index contributed by atoms with van der Waals surface area (Å²) < 4.78 is 23.4. The van der Waals surface area contributed by atoms with Crippen molar-refractivity contribution in [3.63, 3.8) is 0 Å². The van der Waals surface area contributed by atoms with Crippen molar-refractivity contribution in [3.8, 4) is 0 Å². The van der Waals surface area contributed by atoms with Gasteiger partial charge in [-0.05, 0) is 31.5 Å².